The van der Waals surface area contributed by atoms with Crippen molar-refractivity contribution in [2.75, 3.05) is 0 Å². The van der Waals surface area contributed by atoms with E-state index in [9.17, 15) is 10.2 Å². The van der Waals surface area contributed by atoms with E-state index in [1.165, 1.54) is 11.3 Å². The SMILES string of the molecule is CC(C)(O)c1csc2cc(O)ccc12. The molecule has 74 valence electrons. The summed E-state index contributed by atoms with van der Waals surface area (Å²) in [5, 5.41) is 22.1. The van der Waals surface area contributed by atoms with E-state index < -0.39 is 5.60 Å². The summed E-state index contributed by atoms with van der Waals surface area (Å²) in [4.78, 5) is 0. The monoisotopic (exact) mass is 208 g/mol. The van der Waals surface area contributed by atoms with Crippen LogP contribution in [-0.2, 0) is 5.60 Å². The number of aliphatic hydroxyl groups is 1. The van der Waals surface area contributed by atoms with Crippen molar-refractivity contribution in [3.05, 3.63) is 29.1 Å². The third-order valence-corrected chi connectivity index (χ3v) is 3.16. The van der Waals surface area contributed by atoms with E-state index in [4.69, 9.17) is 0 Å². The van der Waals surface area contributed by atoms with Crippen LogP contribution in [0.4, 0.5) is 0 Å². The highest BCUT2D eigenvalue weighted by Crippen LogP contribution is 2.34. The highest BCUT2D eigenvalue weighted by molar-refractivity contribution is 7.17. The normalized spacial score (nSPS) is 12.2. The van der Waals surface area contributed by atoms with Crippen molar-refractivity contribution in [2.24, 2.45) is 0 Å². The molecule has 0 bridgehead atoms. The molecule has 2 N–H and O–H groups in total. The van der Waals surface area contributed by atoms with Crippen LogP contribution in [0.1, 0.15) is 19.4 Å². The summed E-state index contributed by atoms with van der Waals surface area (Å²) < 4.78 is 1.00. The maximum atomic E-state index is 9.89. The van der Waals surface area contributed by atoms with E-state index in [1.54, 1.807) is 26.0 Å². The van der Waals surface area contributed by atoms with E-state index >= 15 is 0 Å². The first kappa shape index (κ1) is 9.49. The first-order valence-corrected chi connectivity index (χ1v) is 5.29. The zero-order chi connectivity index (χ0) is 10.3. The van der Waals surface area contributed by atoms with Gasteiger partial charge in [-0.15, -0.1) is 11.3 Å². The number of aromatic hydroxyl groups is 1. The number of phenols is 1. The average Bonchev–Trinajstić information content (AvgIpc) is 2.45. The number of hydrogen-bond acceptors (Lipinski definition) is 3. The van der Waals surface area contributed by atoms with Crippen LogP contribution >= 0.6 is 11.3 Å². The third-order valence-electron chi connectivity index (χ3n) is 2.22. The maximum absolute atomic E-state index is 9.89. The van der Waals surface area contributed by atoms with Crippen LogP contribution in [0.25, 0.3) is 10.1 Å². The number of phenolic OH excluding ortho intramolecular Hbond substituents is 1. The van der Waals surface area contributed by atoms with Crippen molar-refractivity contribution in [1.82, 2.24) is 0 Å². The summed E-state index contributed by atoms with van der Waals surface area (Å²) in [6.07, 6.45) is 0. The lowest BCUT2D eigenvalue weighted by Gasteiger charge is -2.16. The van der Waals surface area contributed by atoms with Gasteiger partial charge in [-0.1, -0.05) is 0 Å². The number of thiophene rings is 1. The second kappa shape index (κ2) is 2.97. The lowest BCUT2D eigenvalue weighted by molar-refractivity contribution is 0.0806. The average molecular weight is 208 g/mol. The standard InChI is InChI=1S/C11H12O2S/c1-11(2,13)9-6-14-10-5-7(12)3-4-8(9)10/h3-6,12-13H,1-2H3. The van der Waals surface area contributed by atoms with Gasteiger partial charge in [0, 0.05) is 10.3 Å². The summed E-state index contributed by atoms with van der Waals surface area (Å²) in [5.41, 5.74) is 0.0902. The van der Waals surface area contributed by atoms with E-state index in [0.717, 1.165) is 15.6 Å². The maximum Gasteiger partial charge on any atom is 0.117 e. The Bertz CT molecular complexity index is 466. The Morgan fingerprint density at radius 3 is 2.64 bits per heavy atom. The smallest absolute Gasteiger partial charge is 0.117 e. The minimum absolute atomic E-state index is 0.265. The fraction of sp³-hybridized carbons (Fsp3) is 0.273. The molecule has 0 saturated carbocycles. The van der Waals surface area contributed by atoms with Crippen LogP contribution in [0.3, 0.4) is 0 Å². The summed E-state index contributed by atoms with van der Waals surface area (Å²) in [6.45, 7) is 3.53. The molecule has 2 rings (SSSR count). The van der Waals surface area contributed by atoms with Gasteiger partial charge in [0.05, 0.1) is 5.60 Å². The first-order valence-electron chi connectivity index (χ1n) is 4.41. The highest BCUT2D eigenvalue weighted by atomic mass is 32.1. The Hall–Kier alpha value is -1.06. The number of fused-ring (bicyclic) bond motifs is 1. The number of benzene rings is 1. The molecule has 0 amide bonds. The van der Waals surface area contributed by atoms with Crippen LogP contribution in [0.15, 0.2) is 23.6 Å². The van der Waals surface area contributed by atoms with Crippen LogP contribution < -0.4 is 0 Å². The molecule has 0 radical (unpaired) electrons. The number of hydrogen-bond donors (Lipinski definition) is 2. The molecule has 0 aliphatic carbocycles. The van der Waals surface area contributed by atoms with Crippen molar-refractivity contribution in [2.45, 2.75) is 19.4 Å². The van der Waals surface area contributed by atoms with Crippen LogP contribution in [0.5, 0.6) is 5.75 Å². The Labute approximate surface area is 86.4 Å². The van der Waals surface area contributed by atoms with E-state index in [2.05, 4.69) is 0 Å². The van der Waals surface area contributed by atoms with Crippen molar-refractivity contribution >= 4 is 21.4 Å². The largest absolute Gasteiger partial charge is 0.508 e. The van der Waals surface area contributed by atoms with E-state index in [1.807, 2.05) is 11.4 Å². The summed E-state index contributed by atoms with van der Waals surface area (Å²) >= 11 is 1.53. The number of rotatable bonds is 1. The Balaban J connectivity index is 2.70. The van der Waals surface area contributed by atoms with Gasteiger partial charge in [-0.3, -0.25) is 0 Å². The Morgan fingerprint density at radius 2 is 2.00 bits per heavy atom. The van der Waals surface area contributed by atoms with Crippen molar-refractivity contribution in [3.63, 3.8) is 0 Å². The molecule has 0 aliphatic rings. The van der Waals surface area contributed by atoms with E-state index in [0.29, 0.717) is 0 Å². The molecule has 0 fully saturated rings. The molecule has 1 aromatic heterocycles. The molecule has 0 spiro atoms. The van der Waals surface area contributed by atoms with Gasteiger partial charge in [0.25, 0.3) is 0 Å². The summed E-state index contributed by atoms with van der Waals surface area (Å²) in [6, 6.07) is 5.20. The molecule has 1 aromatic carbocycles. The molecule has 14 heavy (non-hydrogen) atoms. The molecular weight excluding hydrogens is 196 g/mol. The fourth-order valence-corrected chi connectivity index (χ4v) is 2.64. The van der Waals surface area contributed by atoms with Gasteiger partial charge in [0.15, 0.2) is 0 Å². The molecule has 0 atom stereocenters. The second-order valence-corrected chi connectivity index (χ2v) is 4.80. The van der Waals surface area contributed by atoms with Crippen molar-refractivity contribution in [1.29, 1.82) is 0 Å². The zero-order valence-corrected chi connectivity index (χ0v) is 8.93. The summed E-state index contributed by atoms with van der Waals surface area (Å²) in [7, 11) is 0. The van der Waals surface area contributed by atoms with Gasteiger partial charge in [0.2, 0.25) is 0 Å². The topological polar surface area (TPSA) is 40.5 Å². The van der Waals surface area contributed by atoms with E-state index in [-0.39, 0.29) is 5.75 Å². The zero-order valence-electron chi connectivity index (χ0n) is 8.11. The quantitative estimate of drug-likeness (QED) is 0.756. The van der Waals surface area contributed by atoms with Gasteiger partial charge in [-0.05, 0) is 42.8 Å². The molecule has 1 heterocycles. The molecule has 2 nitrogen and oxygen atoms in total. The molecule has 0 saturated heterocycles. The van der Waals surface area contributed by atoms with Crippen LogP contribution in [-0.4, -0.2) is 10.2 Å². The predicted octanol–water partition coefficient (Wildman–Crippen LogP) is 2.83. The third kappa shape index (κ3) is 1.49. The first-order chi connectivity index (χ1) is 6.48. The van der Waals surface area contributed by atoms with Gasteiger partial charge < -0.3 is 10.2 Å². The predicted molar refractivity (Wildman–Crippen MR) is 58.7 cm³/mol. The molecular formula is C11H12O2S. The minimum atomic E-state index is -0.824. The van der Waals surface area contributed by atoms with Crippen LogP contribution in [0.2, 0.25) is 0 Å². The van der Waals surface area contributed by atoms with Crippen molar-refractivity contribution < 1.29 is 10.2 Å². The highest BCUT2D eigenvalue weighted by Gasteiger charge is 2.20. The lowest BCUT2D eigenvalue weighted by atomic mass is 9.98. The fourth-order valence-electron chi connectivity index (χ4n) is 1.49. The van der Waals surface area contributed by atoms with Gasteiger partial charge in [-0.25, -0.2) is 0 Å². The van der Waals surface area contributed by atoms with Gasteiger partial charge in [0.1, 0.15) is 5.75 Å². The van der Waals surface area contributed by atoms with Gasteiger partial charge in [-0.2, -0.15) is 0 Å². The second-order valence-electron chi connectivity index (χ2n) is 3.89. The minimum Gasteiger partial charge on any atom is -0.508 e. The molecule has 3 heteroatoms. The summed E-state index contributed by atoms with van der Waals surface area (Å²) in [5.74, 6) is 0.265. The molecule has 2 aromatic rings. The van der Waals surface area contributed by atoms with Crippen molar-refractivity contribution in [3.8, 4) is 5.75 Å². The Kier molecular flexibility index (Phi) is 2.01. The molecule has 0 unspecified atom stereocenters. The molecule has 0 aliphatic heterocycles. The lowest BCUT2D eigenvalue weighted by Crippen LogP contribution is -2.14. The van der Waals surface area contributed by atoms with Gasteiger partial charge >= 0.3 is 0 Å². The Morgan fingerprint density at radius 1 is 1.29 bits per heavy atom. The van der Waals surface area contributed by atoms with Crippen LogP contribution in [0, 0.1) is 0 Å².